The zero-order chi connectivity index (χ0) is 20.8. The van der Waals surface area contributed by atoms with Crippen LogP contribution in [0.25, 0.3) is 0 Å². The summed E-state index contributed by atoms with van der Waals surface area (Å²) < 4.78 is 15.7. The van der Waals surface area contributed by atoms with Crippen LogP contribution < -0.4 is 19.5 Å². The van der Waals surface area contributed by atoms with Crippen molar-refractivity contribution in [1.82, 2.24) is 4.90 Å². The monoisotopic (exact) mass is 398 g/mol. The van der Waals surface area contributed by atoms with Crippen LogP contribution >= 0.6 is 0 Å². The Hall–Kier alpha value is -3.22. The molecule has 1 atom stereocenters. The molecular weight excluding hydrogens is 372 g/mol. The molecule has 0 aromatic heterocycles. The van der Waals surface area contributed by atoms with Crippen LogP contribution in [-0.4, -0.2) is 51.1 Å². The molecule has 7 nitrogen and oxygen atoms in total. The molecule has 0 saturated carbocycles. The highest BCUT2D eigenvalue weighted by molar-refractivity contribution is 5.97. The van der Waals surface area contributed by atoms with Crippen LogP contribution in [-0.2, 0) is 16.0 Å². The van der Waals surface area contributed by atoms with Gasteiger partial charge in [-0.3, -0.25) is 9.59 Å². The molecule has 0 aliphatic carbocycles. The number of ether oxygens (including phenoxy) is 3. The standard InChI is InChI=1S/C22H26N2O5/c1-27-18-6-4-5-17(13-18)23-22(26)16-12-21(25)24(14-16)10-9-15-7-8-19(28-2)20(11-15)29-3/h4-8,11,13,16H,9-10,12,14H2,1-3H3,(H,23,26)/t16-/m1/s1. The molecule has 1 N–H and O–H groups in total. The van der Waals surface area contributed by atoms with Crippen molar-refractivity contribution in [2.45, 2.75) is 12.8 Å². The summed E-state index contributed by atoms with van der Waals surface area (Å²) in [5, 5.41) is 2.87. The van der Waals surface area contributed by atoms with Crippen LogP contribution in [0.3, 0.4) is 0 Å². The number of amides is 2. The number of carbonyl (C=O) groups is 2. The number of hydrogen-bond donors (Lipinski definition) is 1. The minimum atomic E-state index is -0.362. The lowest BCUT2D eigenvalue weighted by Crippen LogP contribution is -2.30. The van der Waals surface area contributed by atoms with E-state index in [0.717, 1.165) is 5.56 Å². The third-order valence-electron chi connectivity index (χ3n) is 5.04. The Bertz CT molecular complexity index is 883. The molecule has 2 aromatic carbocycles. The van der Waals surface area contributed by atoms with E-state index < -0.39 is 0 Å². The molecule has 2 aromatic rings. The van der Waals surface area contributed by atoms with E-state index >= 15 is 0 Å². The summed E-state index contributed by atoms with van der Waals surface area (Å²) in [5.41, 5.74) is 1.70. The molecular formula is C22H26N2O5. The largest absolute Gasteiger partial charge is 0.497 e. The fraction of sp³-hybridized carbons (Fsp3) is 0.364. The van der Waals surface area contributed by atoms with Gasteiger partial charge in [0.15, 0.2) is 11.5 Å². The minimum absolute atomic E-state index is 0.00345. The number of nitrogens with one attached hydrogen (secondary N) is 1. The maximum Gasteiger partial charge on any atom is 0.229 e. The number of anilines is 1. The highest BCUT2D eigenvalue weighted by atomic mass is 16.5. The zero-order valence-corrected chi connectivity index (χ0v) is 16.9. The van der Waals surface area contributed by atoms with Gasteiger partial charge in [-0.1, -0.05) is 12.1 Å². The second-order valence-corrected chi connectivity index (χ2v) is 6.90. The van der Waals surface area contributed by atoms with Gasteiger partial charge in [0.1, 0.15) is 5.75 Å². The Morgan fingerprint density at radius 3 is 2.59 bits per heavy atom. The number of rotatable bonds is 8. The van der Waals surface area contributed by atoms with Crippen LogP contribution in [0.2, 0.25) is 0 Å². The van der Waals surface area contributed by atoms with Gasteiger partial charge in [-0.05, 0) is 36.2 Å². The van der Waals surface area contributed by atoms with Crippen LogP contribution in [0.15, 0.2) is 42.5 Å². The van der Waals surface area contributed by atoms with Crippen molar-refractivity contribution in [1.29, 1.82) is 0 Å². The molecule has 1 fully saturated rings. The van der Waals surface area contributed by atoms with E-state index in [1.165, 1.54) is 0 Å². The maximum atomic E-state index is 12.6. The van der Waals surface area contributed by atoms with Crippen molar-refractivity contribution in [3.8, 4) is 17.2 Å². The Balaban J connectivity index is 1.56. The van der Waals surface area contributed by atoms with Gasteiger partial charge in [0, 0.05) is 31.3 Å². The fourth-order valence-electron chi connectivity index (χ4n) is 3.41. The second kappa shape index (κ2) is 9.32. The zero-order valence-electron chi connectivity index (χ0n) is 16.9. The van der Waals surface area contributed by atoms with E-state index in [1.807, 2.05) is 30.3 Å². The van der Waals surface area contributed by atoms with Crippen LogP contribution in [0, 0.1) is 5.92 Å². The van der Waals surface area contributed by atoms with Gasteiger partial charge < -0.3 is 24.4 Å². The van der Waals surface area contributed by atoms with E-state index in [9.17, 15) is 9.59 Å². The summed E-state index contributed by atoms with van der Waals surface area (Å²) in [5.74, 6) is 1.48. The number of hydrogen-bond acceptors (Lipinski definition) is 5. The predicted molar refractivity (Wildman–Crippen MR) is 110 cm³/mol. The van der Waals surface area contributed by atoms with Crippen molar-refractivity contribution >= 4 is 17.5 Å². The van der Waals surface area contributed by atoms with E-state index in [0.29, 0.717) is 42.4 Å². The van der Waals surface area contributed by atoms with E-state index in [4.69, 9.17) is 14.2 Å². The summed E-state index contributed by atoms with van der Waals surface area (Å²) in [6.45, 7) is 0.971. The molecule has 1 aliphatic rings. The SMILES string of the molecule is COc1cccc(NC(=O)[C@@H]2CC(=O)N(CCc3ccc(OC)c(OC)c3)C2)c1. The van der Waals surface area contributed by atoms with Gasteiger partial charge in [0.25, 0.3) is 0 Å². The van der Waals surface area contributed by atoms with Gasteiger partial charge in [-0.15, -0.1) is 0 Å². The Labute approximate surface area is 170 Å². The first-order chi connectivity index (χ1) is 14.0. The summed E-state index contributed by atoms with van der Waals surface area (Å²) in [6.07, 6.45) is 0.901. The topological polar surface area (TPSA) is 77.1 Å². The third-order valence-corrected chi connectivity index (χ3v) is 5.04. The first-order valence-electron chi connectivity index (χ1n) is 9.47. The average molecular weight is 398 g/mol. The molecule has 2 amide bonds. The Morgan fingerprint density at radius 2 is 1.86 bits per heavy atom. The van der Waals surface area contributed by atoms with Crippen molar-refractivity contribution in [3.05, 3.63) is 48.0 Å². The maximum absolute atomic E-state index is 12.6. The van der Waals surface area contributed by atoms with Crippen LogP contribution in [0.4, 0.5) is 5.69 Å². The van der Waals surface area contributed by atoms with Crippen LogP contribution in [0.5, 0.6) is 17.2 Å². The quantitative estimate of drug-likeness (QED) is 0.740. The molecule has 3 rings (SSSR count). The molecule has 7 heteroatoms. The van der Waals surface area contributed by atoms with Gasteiger partial charge in [-0.25, -0.2) is 0 Å². The Morgan fingerprint density at radius 1 is 1.07 bits per heavy atom. The summed E-state index contributed by atoms with van der Waals surface area (Å²) in [6, 6.07) is 12.9. The van der Waals surface area contributed by atoms with Crippen molar-refractivity contribution in [2.24, 2.45) is 5.92 Å². The number of nitrogens with zero attached hydrogens (tertiary/aromatic N) is 1. The van der Waals surface area contributed by atoms with Gasteiger partial charge in [0.05, 0.1) is 27.2 Å². The molecule has 154 valence electrons. The molecule has 0 radical (unpaired) electrons. The normalized spacial score (nSPS) is 15.9. The minimum Gasteiger partial charge on any atom is -0.497 e. The number of carbonyl (C=O) groups excluding carboxylic acids is 2. The number of benzene rings is 2. The lowest BCUT2D eigenvalue weighted by atomic mass is 10.1. The first-order valence-corrected chi connectivity index (χ1v) is 9.47. The van der Waals surface area contributed by atoms with Gasteiger partial charge in [0.2, 0.25) is 11.8 Å². The van der Waals surface area contributed by atoms with E-state index in [2.05, 4.69) is 5.32 Å². The van der Waals surface area contributed by atoms with E-state index in [-0.39, 0.29) is 24.2 Å². The van der Waals surface area contributed by atoms with Crippen molar-refractivity contribution in [3.63, 3.8) is 0 Å². The first kappa shape index (κ1) is 20.5. The number of likely N-dealkylation sites (tertiary alicyclic amines) is 1. The molecule has 0 bridgehead atoms. The molecule has 1 aliphatic heterocycles. The van der Waals surface area contributed by atoms with Gasteiger partial charge in [-0.2, -0.15) is 0 Å². The second-order valence-electron chi connectivity index (χ2n) is 6.90. The highest BCUT2D eigenvalue weighted by Gasteiger charge is 2.34. The molecule has 29 heavy (non-hydrogen) atoms. The summed E-state index contributed by atoms with van der Waals surface area (Å²) in [7, 11) is 4.77. The van der Waals surface area contributed by atoms with Crippen molar-refractivity contribution in [2.75, 3.05) is 39.7 Å². The third kappa shape index (κ3) is 4.99. The highest BCUT2D eigenvalue weighted by Crippen LogP contribution is 2.28. The lowest BCUT2D eigenvalue weighted by molar-refractivity contribution is -0.128. The van der Waals surface area contributed by atoms with Crippen molar-refractivity contribution < 1.29 is 23.8 Å². The fourth-order valence-corrected chi connectivity index (χ4v) is 3.41. The van der Waals surface area contributed by atoms with Gasteiger partial charge >= 0.3 is 0 Å². The smallest absolute Gasteiger partial charge is 0.229 e. The Kier molecular flexibility index (Phi) is 6.59. The molecule has 1 heterocycles. The summed E-state index contributed by atoms with van der Waals surface area (Å²) >= 11 is 0. The number of methoxy groups -OCH3 is 3. The predicted octanol–water partition coefficient (Wildman–Crippen LogP) is 2.74. The average Bonchev–Trinajstić information content (AvgIpc) is 3.12. The van der Waals surface area contributed by atoms with Crippen LogP contribution in [0.1, 0.15) is 12.0 Å². The lowest BCUT2D eigenvalue weighted by Gasteiger charge is -2.17. The molecule has 1 saturated heterocycles. The molecule has 0 unspecified atom stereocenters. The summed E-state index contributed by atoms with van der Waals surface area (Å²) in [4.78, 5) is 26.7. The molecule has 0 spiro atoms. The van der Waals surface area contributed by atoms with E-state index in [1.54, 1.807) is 38.4 Å².